The van der Waals surface area contributed by atoms with Crippen LogP contribution in [0.15, 0.2) is 0 Å². The van der Waals surface area contributed by atoms with Crippen LogP contribution in [0.3, 0.4) is 0 Å². The first-order valence-electron chi connectivity index (χ1n) is 5.67. The Balaban J connectivity index is 2.21. The molecule has 0 aromatic carbocycles. The average molecular weight is 230 g/mol. The van der Waals surface area contributed by atoms with E-state index in [1.807, 2.05) is 7.05 Å². The molecule has 1 unspecified atom stereocenters. The largest absolute Gasteiger partial charge is 0.345 e. The molecule has 4 heteroatoms. The van der Waals surface area contributed by atoms with Crippen molar-refractivity contribution < 1.29 is 4.79 Å². The number of thiol groups is 1. The molecule has 88 valence electrons. The molecule has 1 saturated heterocycles. The maximum absolute atomic E-state index is 11.3. The second-order valence-electron chi connectivity index (χ2n) is 4.53. The molecule has 1 atom stereocenters. The highest BCUT2D eigenvalue weighted by Crippen LogP contribution is 2.18. The Morgan fingerprint density at radius 3 is 2.93 bits per heavy atom. The average Bonchev–Trinajstić information content (AvgIpc) is 2.25. The number of carbonyl (C=O) groups excluding carboxylic acids is 1. The Morgan fingerprint density at radius 2 is 2.33 bits per heavy atom. The van der Waals surface area contributed by atoms with Gasteiger partial charge in [-0.15, -0.1) is 0 Å². The standard InChI is InChI=1S/C11H22N2OS/c1-12-6-3-4-10(8-12)5-7-13(2)11(14)9-15/h10,15H,3-9H2,1-2H3. The molecule has 0 radical (unpaired) electrons. The Kier molecular flexibility index (Phi) is 5.47. The summed E-state index contributed by atoms with van der Waals surface area (Å²) in [4.78, 5) is 15.5. The molecule has 0 bridgehead atoms. The molecule has 1 aliphatic heterocycles. The molecule has 0 saturated carbocycles. The first-order valence-corrected chi connectivity index (χ1v) is 6.30. The number of carbonyl (C=O) groups is 1. The maximum atomic E-state index is 11.3. The topological polar surface area (TPSA) is 23.6 Å². The van der Waals surface area contributed by atoms with E-state index in [1.165, 1.54) is 25.9 Å². The van der Waals surface area contributed by atoms with Crippen LogP contribution in [0.5, 0.6) is 0 Å². The van der Waals surface area contributed by atoms with Crippen LogP contribution in [0.2, 0.25) is 0 Å². The predicted molar refractivity (Wildman–Crippen MR) is 66.3 cm³/mol. The molecular formula is C11H22N2OS. The molecular weight excluding hydrogens is 208 g/mol. The van der Waals surface area contributed by atoms with Gasteiger partial charge in [0.15, 0.2) is 0 Å². The van der Waals surface area contributed by atoms with Gasteiger partial charge < -0.3 is 9.80 Å². The van der Waals surface area contributed by atoms with Gasteiger partial charge in [-0.25, -0.2) is 0 Å². The van der Waals surface area contributed by atoms with Gasteiger partial charge in [0, 0.05) is 20.1 Å². The van der Waals surface area contributed by atoms with Crippen molar-refractivity contribution in [3.8, 4) is 0 Å². The highest BCUT2D eigenvalue weighted by Gasteiger charge is 2.18. The van der Waals surface area contributed by atoms with E-state index in [0.717, 1.165) is 18.9 Å². The normalized spacial score (nSPS) is 22.7. The Labute approximate surface area is 98.2 Å². The van der Waals surface area contributed by atoms with Gasteiger partial charge >= 0.3 is 0 Å². The molecule has 1 amide bonds. The van der Waals surface area contributed by atoms with Crippen LogP contribution in [0.1, 0.15) is 19.3 Å². The van der Waals surface area contributed by atoms with Gasteiger partial charge in [-0.05, 0) is 38.8 Å². The van der Waals surface area contributed by atoms with Gasteiger partial charge in [-0.3, -0.25) is 4.79 Å². The highest BCUT2D eigenvalue weighted by molar-refractivity contribution is 7.81. The van der Waals surface area contributed by atoms with Crippen molar-refractivity contribution in [2.45, 2.75) is 19.3 Å². The Hall–Kier alpha value is -0.220. The number of hydrogen-bond acceptors (Lipinski definition) is 3. The van der Waals surface area contributed by atoms with E-state index >= 15 is 0 Å². The molecule has 0 aliphatic carbocycles. The van der Waals surface area contributed by atoms with E-state index < -0.39 is 0 Å². The lowest BCUT2D eigenvalue weighted by molar-refractivity contribution is -0.127. The molecule has 0 spiro atoms. The number of likely N-dealkylation sites (tertiary alicyclic amines) is 1. The molecule has 1 rings (SSSR count). The number of amides is 1. The minimum absolute atomic E-state index is 0.127. The number of hydrogen-bond donors (Lipinski definition) is 1. The summed E-state index contributed by atoms with van der Waals surface area (Å²) >= 11 is 3.99. The van der Waals surface area contributed by atoms with Crippen molar-refractivity contribution in [1.82, 2.24) is 9.80 Å². The molecule has 15 heavy (non-hydrogen) atoms. The second-order valence-corrected chi connectivity index (χ2v) is 4.85. The molecule has 3 nitrogen and oxygen atoms in total. The maximum Gasteiger partial charge on any atom is 0.232 e. The molecule has 1 heterocycles. The zero-order valence-corrected chi connectivity index (χ0v) is 10.7. The van der Waals surface area contributed by atoms with Gasteiger partial charge in [0.2, 0.25) is 5.91 Å². The first-order chi connectivity index (χ1) is 7.13. The van der Waals surface area contributed by atoms with E-state index in [0.29, 0.717) is 5.75 Å². The minimum Gasteiger partial charge on any atom is -0.345 e. The van der Waals surface area contributed by atoms with Crippen molar-refractivity contribution in [2.24, 2.45) is 5.92 Å². The summed E-state index contributed by atoms with van der Waals surface area (Å²) in [6.45, 7) is 3.28. The SMILES string of the molecule is CN1CCCC(CCN(C)C(=O)CS)C1. The lowest BCUT2D eigenvalue weighted by Gasteiger charge is -2.30. The van der Waals surface area contributed by atoms with Gasteiger partial charge in [0.25, 0.3) is 0 Å². The lowest BCUT2D eigenvalue weighted by Crippen LogP contribution is -2.35. The molecule has 0 aromatic heterocycles. The number of piperidine rings is 1. The van der Waals surface area contributed by atoms with Crippen LogP contribution in [-0.4, -0.2) is 55.2 Å². The Morgan fingerprint density at radius 1 is 1.60 bits per heavy atom. The third-order valence-electron chi connectivity index (χ3n) is 3.16. The zero-order chi connectivity index (χ0) is 11.3. The van der Waals surface area contributed by atoms with Gasteiger partial charge in [-0.1, -0.05) is 0 Å². The van der Waals surface area contributed by atoms with Gasteiger partial charge in [0.05, 0.1) is 5.75 Å². The summed E-state index contributed by atoms with van der Waals surface area (Å²) in [6, 6.07) is 0. The van der Waals surface area contributed by atoms with Crippen molar-refractivity contribution in [1.29, 1.82) is 0 Å². The molecule has 0 N–H and O–H groups in total. The summed E-state index contributed by atoms with van der Waals surface area (Å²) in [6.07, 6.45) is 3.74. The fourth-order valence-corrected chi connectivity index (χ4v) is 2.37. The minimum atomic E-state index is 0.127. The van der Waals surface area contributed by atoms with Gasteiger partial charge in [0.1, 0.15) is 0 Å². The third-order valence-corrected chi connectivity index (χ3v) is 3.43. The number of nitrogens with zero attached hydrogens (tertiary/aromatic N) is 2. The predicted octanol–water partition coefficient (Wildman–Crippen LogP) is 1.11. The summed E-state index contributed by atoms with van der Waals surface area (Å²) < 4.78 is 0. The fourth-order valence-electron chi connectivity index (χ4n) is 2.13. The van der Waals surface area contributed by atoms with Crippen LogP contribution >= 0.6 is 12.6 Å². The van der Waals surface area contributed by atoms with Crippen LogP contribution < -0.4 is 0 Å². The smallest absolute Gasteiger partial charge is 0.232 e. The summed E-state index contributed by atoms with van der Waals surface area (Å²) in [5, 5.41) is 0. The van der Waals surface area contributed by atoms with Crippen molar-refractivity contribution in [3.63, 3.8) is 0 Å². The molecule has 1 fully saturated rings. The van der Waals surface area contributed by atoms with Crippen molar-refractivity contribution >= 4 is 18.5 Å². The second kappa shape index (κ2) is 6.38. The van der Waals surface area contributed by atoms with E-state index in [1.54, 1.807) is 4.90 Å². The quantitative estimate of drug-likeness (QED) is 0.731. The van der Waals surface area contributed by atoms with Crippen molar-refractivity contribution in [2.75, 3.05) is 39.5 Å². The molecule has 1 aliphatic rings. The van der Waals surface area contributed by atoms with Crippen LogP contribution in [0, 0.1) is 5.92 Å². The fraction of sp³-hybridized carbons (Fsp3) is 0.909. The monoisotopic (exact) mass is 230 g/mol. The zero-order valence-electron chi connectivity index (χ0n) is 9.78. The van der Waals surface area contributed by atoms with Crippen LogP contribution in [-0.2, 0) is 4.79 Å². The third kappa shape index (κ3) is 4.43. The Bertz CT molecular complexity index is 211. The van der Waals surface area contributed by atoms with Crippen LogP contribution in [0.25, 0.3) is 0 Å². The molecule has 0 aromatic rings. The van der Waals surface area contributed by atoms with Crippen molar-refractivity contribution in [3.05, 3.63) is 0 Å². The van der Waals surface area contributed by atoms with E-state index in [-0.39, 0.29) is 5.91 Å². The van der Waals surface area contributed by atoms with E-state index in [4.69, 9.17) is 0 Å². The number of rotatable bonds is 4. The highest BCUT2D eigenvalue weighted by atomic mass is 32.1. The van der Waals surface area contributed by atoms with E-state index in [2.05, 4.69) is 24.6 Å². The first kappa shape index (κ1) is 12.8. The van der Waals surface area contributed by atoms with Crippen LogP contribution in [0.4, 0.5) is 0 Å². The summed E-state index contributed by atoms with van der Waals surface area (Å²) in [5.74, 6) is 1.21. The summed E-state index contributed by atoms with van der Waals surface area (Å²) in [7, 11) is 4.04. The lowest BCUT2D eigenvalue weighted by atomic mass is 9.95. The summed E-state index contributed by atoms with van der Waals surface area (Å²) in [5.41, 5.74) is 0. The van der Waals surface area contributed by atoms with Gasteiger partial charge in [-0.2, -0.15) is 12.6 Å². The van der Waals surface area contributed by atoms with E-state index in [9.17, 15) is 4.79 Å².